The summed E-state index contributed by atoms with van der Waals surface area (Å²) < 4.78 is 0. The smallest absolute Gasteiger partial charge is 0.0397 e. The van der Waals surface area contributed by atoms with Gasteiger partial charge < -0.3 is 9.80 Å². The fraction of sp³-hybridized carbons (Fsp3) is 0.429. The minimum absolute atomic E-state index is 1.18. The number of fused-ring (bicyclic) bond motifs is 2. The largest absolute Gasteiger partial charge is 0.374 e. The molecule has 2 aliphatic rings. The lowest BCUT2D eigenvalue weighted by Crippen LogP contribution is -2.24. The molecule has 0 aliphatic carbocycles. The number of rotatable bonds is 0. The van der Waals surface area contributed by atoms with Gasteiger partial charge in [-0.25, -0.2) is 0 Å². The van der Waals surface area contributed by atoms with Gasteiger partial charge in [0.2, 0.25) is 0 Å². The van der Waals surface area contributed by atoms with Crippen molar-refractivity contribution >= 4 is 11.4 Å². The van der Waals surface area contributed by atoms with Gasteiger partial charge in [-0.2, -0.15) is 0 Å². The van der Waals surface area contributed by atoms with Gasteiger partial charge in [0.25, 0.3) is 0 Å². The van der Waals surface area contributed by atoms with Gasteiger partial charge in [-0.05, 0) is 56.4 Å². The van der Waals surface area contributed by atoms with Crippen LogP contribution in [0.1, 0.15) is 28.7 Å². The van der Waals surface area contributed by atoms with Crippen LogP contribution in [0.4, 0.5) is 11.4 Å². The SMILES string of the molecule is Cc1ccc2c(c1)CCCN2C.Cc1ccc2c(c1)CCN2C. The Balaban J connectivity index is 0.000000136. The zero-order valence-electron chi connectivity index (χ0n) is 14.9. The number of likely N-dealkylation sites (N-methyl/N-ethyl adjacent to an activating group) is 1. The number of hydrogen-bond donors (Lipinski definition) is 0. The molecule has 0 N–H and O–H groups in total. The molecular weight excluding hydrogens is 280 g/mol. The normalized spacial score (nSPS) is 15.7. The molecule has 122 valence electrons. The Morgan fingerprint density at radius 2 is 1.22 bits per heavy atom. The number of anilines is 2. The fourth-order valence-electron chi connectivity index (χ4n) is 3.61. The molecule has 2 aromatic carbocycles. The molecule has 0 unspecified atom stereocenters. The summed E-state index contributed by atoms with van der Waals surface area (Å²) in [4.78, 5) is 4.66. The van der Waals surface area contributed by atoms with Gasteiger partial charge in [-0.1, -0.05) is 35.4 Å². The highest BCUT2D eigenvalue weighted by Crippen LogP contribution is 2.27. The van der Waals surface area contributed by atoms with E-state index < -0.39 is 0 Å². The van der Waals surface area contributed by atoms with Crippen molar-refractivity contribution in [1.82, 2.24) is 0 Å². The highest BCUT2D eigenvalue weighted by Gasteiger charge is 2.14. The first-order chi connectivity index (χ1) is 11.0. The van der Waals surface area contributed by atoms with Crippen molar-refractivity contribution in [1.29, 1.82) is 0 Å². The maximum absolute atomic E-state index is 2.35. The highest BCUT2D eigenvalue weighted by molar-refractivity contribution is 5.58. The van der Waals surface area contributed by atoms with Crippen LogP contribution in [0.3, 0.4) is 0 Å². The molecule has 2 aliphatic heterocycles. The Morgan fingerprint density at radius 1 is 0.696 bits per heavy atom. The molecule has 0 aromatic heterocycles. The van der Waals surface area contributed by atoms with Crippen molar-refractivity contribution in [2.75, 3.05) is 37.0 Å². The molecule has 0 radical (unpaired) electrons. The molecule has 0 spiro atoms. The highest BCUT2D eigenvalue weighted by atomic mass is 15.1. The summed E-state index contributed by atoms with van der Waals surface area (Å²) in [5.74, 6) is 0. The molecule has 0 amide bonds. The number of benzene rings is 2. The van der Waals surface area contributed by atoms with Gasteiger partial charge in [0.1, 0.15) is 0 Å². The molecule has 0 bridgehead atoms. The molecule has 23 heavy (non-hydrogen) atoms. The molecule has 0 fully saturated rings. The zero-order chi connectivity index (χ0) is 16.4. The van der Waals surface area contributed by atoms with Crippen LogP contribution in [0.25, 0.3) is 0 Å². The summed E-state index contributed by atoms with van der Waals surface area (Å²) in [5, 5.41) is 0. The second kappa shape index (κ2) is 6.66. The van der Waals surface area contributed by atoms with Crippen LogP contribution in [-0.4, -0.2) is 27.2 Å². The molecule has 0 saturated carbocycles. The first kappa shape index (κ1) is 15.9. The van der Waals surface area contributed by atoms with E-state index in [-0.39, 0.29) is 0 Å². The second-order valence-corrected chi connectivity index (χ2v) is 6.96. The molecule has 2 heteroatoms. The summed E-state index contributed by atoms with van der Waals surface area (Å²) in [7, 11) is 4.33. The standard InChI is InChI=1S/C11H15N.C10H13N/c1-9-5-6-11-10(8-9)4-3-7-12(11)2;1-8-3-4-10-9(7-8)5-6-11(10)2/h5-6,8H,3-4,7H2,1-2H3;3-4,7H,5-6H2,1-2H3. The average Bonchev–Trinajstić information content (AvgIpc) is 2.88. The minimum atomic E-state index is 1.18. The lowest BCUT2D eigenvalue weighted by molar-refractivity contribution is 0.744. The number of nitrogens with zero attached hydrogens (tertiary/aromatic N) is 2. The Hall–Kier alpha value is -1.96. The number of aryl methyl sites for hydroxylation is 3. The van der Waals surface area contributed by atoms with Gasteiger partial charge in [0.15, 0.2) is 0 Å². The molecule has 0 saturated heterocycles. The van der Waals surface area contributed by atoms with Crippen molar-refractivity contribution < 1.29 is 0 Å². The van der Waals surface area contributed by atoms with E-state index >= 15 is 0 Å². The zero-order valence-corrected chi connectivity index (χ0v) is 14.9. The van der Waals surface area contributed by atoms with Gasteiger partial charge in [-0.3, -0.25) is 0 Å². The van der Waals surface area contributed by atoms with E-state index in [1.807, 2.05) is 0 Å². The third kappa shape index (κ3) is 3.52. The second-order valence-electron chi connectivity index (χ2n) is 6.96. The van der Waals surface area contributed by atoms with Crippen LogP contribution in [-0.2, 0) is 12.8 Å². The Morgan fingerprint density at radius 3 is 1.83 bits per heavy atom. The predicted octanol–water partition coefficient (Wildman–Crippen LogP) is 4.36. The molecule has 0 atom stereocenters. The first-order valence-electron chi connectivity index (χ1n) is 8.66. The van der Waals surface area contributed by atoms with Crippen molar-refractivity contribution in [3.63, 3.8) is 0 Å². The third-order valence-electron chi connectivity index (χ3n) is 4.95. The van der Waals surface area contributed by atoms with Crippen LogP contribution in [0, 0.1) is 13.8 Å². The van der Waals surface area contributed by atoms with Crippen molar-refractivity contribution in [3.05, 3.63) is 58.7 Å². The summed E-state index contributed by atoms with van der Waals surface area (Å²) in [6, 6.07) is 13.4. The topological polar surface area (TPSA) is 6.48 Å². The van der Waals surface area contributed by atoms with Crippen molar-refractivity contribution in [3.8, 4) is 0 Å². The van der Waals surface area contributed by atoms with Crippen LogP contribution < -0.4 is 9.80 Å². The van der Waals surface area contributed by atoms with E-state index in [9.17, 15) is 0 Å². The fourth-order valence-corrected chi connectivity index (χ4v) is 3.61. The van der Waals surface area contributed by atoms with Crippen LogP contribution in [0.5, 0.6) is 0 Å². The third-order valence-corrected chi connectivity index (χ3v) is 4.95. The van der Waals surface area contributed by atoms with E-state index in [1.54, 1.807) is 0 Å². The monoisotopic (exact) mass is 308 g/mol. The predicted molar refractivity (Wildman–Crippen MR) is 101 cm³/mol. The van der Waals surface area contributed by atoms with Crippen LogP contribution in [0.2, 0.25) is 0 Å². The van der Waals surface area contributed by atoms with Gasteiger partial charge in [-0.15, -0.1) is 0 Å². The maximum atomic E-state index is 2.35. The first-order valence-corrected chi connectivity index (χ1v) is 8.66. The molecule has 2 nitrogen and oxygen atoms in total. The Kier molecular flexibility index (Phi) is 4.61. The molecule has 4 rings (SSSR count). The summed E-state index contributed by atoms with van der Waals surface area (Å²) >= 11 is 0. The van der Waals surface area contributed by atoms with Crippen molar-refractivity contribution in [2.24, 2.45) is 0 Å². The van der Waals surface area contributed by atoms with Crippen LogP contribution >= 0.6 is 0 Å². The van der Waals surface area contributed by atoms with E-state index in [1.165, 1.54) is 66.0 Å². The summed E-state index contributed by atoms with van der Waals surface area (Å²) in [6.07, 6.45) is 3.77. The summed E-state index contributed by atoms with van der Waals surface area (Å²) in [6.45, 7) is 6.70. The molecule has 2 heterocycles. The lowest BCUT2D eigenvalue weighted by Gasteiger charge is -2.27. The van der Waals surface area contributed by atoms with E-state index in [0.717, 1.165) is 0 Å². The van der Waals surface area contributed by atoms with Gasteiger partial charge in [0, 0.05) is 38.6 Å². The van der Waals surface area contributed by atoms with Gasteiger partial charge >= 0.3 is 0 Å². The Bertz CT molecular complexity index is 690. The molecular formula is C21H28N2. The molecule has 2 aromatic rings. The van der Waals surface area contributed by atoms with E-state index in [0.29, 0.717) is 0 Å². The quantitative estimate of drug-likeness (QED) is 0.713. The van der Waals surface area contributed by atoms with E-state index in [4.69, 9.17) is 0 Å². The van der Waals surface area contributed by atoms with Crippen LogP contribution in [0.15, 0.2) is 36.4 Å². The Labute approximate surface area is 140 Å². The number of hydrogen-bond acceptors (Lipinski definition) is 2. The van der Waals surface area contributed by atoms with Gasteiger partial charge in [0.05, 0.1) is 0 Å². The lowest BCUT2D eigenvalue weighted by atomic mass is 10.0. The maximum Gasteiger partial charge on any atom is 0.0397 e. The van der Waals surface area contributed by atoms with E-state index in [2.05, 4.69) is 74.1 Å². The summed E-state index contributed by atoms with van der Waals surface area (Å²) in [5.41, 5.74) is 8.61. The van der Waals surface area contributed by atoms with Crippen molar-refractivity contribution in [2.45, 2.75) is 33.1 Å². The minimum Gasteiger partial charge on any atom is -0.374 e. The average molecular weight is 308 g/mol.